The van der Waals surface area contributed by atoms with Gasteiger partial charge in [-0.05, 0) is 13.3 Å². The lowest BCUT2D eigenvalue weighted by molar-refractivity contribution is 0.0290. The number of aromatic nitrogens is 2. The molecule has 0 saturated carbocycles. The second kappa shape index (κ2) is 7.15. The Balaban J connectivity index is 1.39. The molecule has 0 aliphatic carbocycles. The fourth-order valence-electron chi connectivity index (χ4n) is 2.89. The molecule has 2 aliphatic heterocycles. The predicted molar refractivity (Wildman–Crippen MR) is 80.6 cm³/mol. The molecule has 0 aromatic carbocycles. The smallest absolute Gasteiger partial charge is 0.150 e. The van der Waals surface area contributed by atoms with Gasteiger partial charge < -0.3 is 14.4 Å². The standard InChI is InChI=1S/C15H24N4O2/c1-13-15(17-4-3-16-13)19-7-5-18(6-8-19)9-11-21-14-2-10-20-12-14/h3-4,14H,2,5-12H2,1H3. The first-order valence-electron chi connectivity index (χ1n) is 7.77. The van der Waals surface area contributed by atoms with Crippen molar-refractivity contribution in [3.05, 3.63) is 18.1 Å². The van der Waals surface area contributed by atoms with Gasteiger partial charge in [0, 0.05) is 51.7 Å². The Hall–Kier alpha value is -1.24. The molecule has 3 heterocycles. The number of piperazine rings is 1. The molecule has 0 N–H and O–H groups in total. The second-order valence-electron chi connectivity index (χ2n) is 5.65. The molecule has 2 fully saturated rings. The highest BCUT2D eigenvalue weighted by Gasteiger charge is 2.20. The third-order valence-electron chi connectivity index (χ3n) is 4.18. The van der Waals surface area contributed by atoms with Crippen LogP contribution in [0.1, 0.15) is 12.1 Å². The Bertz CT molecular complexity index is 443. The molecule has 3 rings (SSSR count). The van der Waals surface area contributed by atoms with E-state index in [2.05, 4.69) is 19.8 Å². The summed E-state index contributed by atoms with van der Waals surface area (Å²) in [6, 6.07) is 0. The minimum atomic E-state index is 0.313. The van der Waals surface area contributed by atoms with E-state index in [1.165, 1.54) is 0 Å². The number of hydrogen-bond donors (Lipinski definition) is 0. The minimum Gasteiger partial charge on any atom is -0.379 e. The molecule has 0 amide bonds. The highest BCUT2D eigenvalue weighted by atomic mass is 16.5. The van der Waals surface area contributed by atoms with Gasteiger partial charge in [0.15, 0.2) is 0 Å². The van der Waals surface area contributed by atoms with Gasteiger partial charge in [-0.25, -0.2) is 4.98 Å². The van der Waals surface area contributed by atoms with Crippen molar-refractivity contribution in [2.24, 2.45) is 0 Å². The van der Waals surface area contributed by atoms with Crippen LogP contribution in [0.15, 0.2) is 12.4 Å². The van der Waals surface area contributed by atoms with E-state index in [-0.39, 0.29) is 0 Å². The van der Waals surface area contributed by atoms with Crippen molar-refractivity contribution < 1.29 is 9.47 Å². The first-order valence-corrected chi connectivity index (χ1v) is 7.77. The number of ether oxygens (including phenoxy) is 2. The van der Waals surface area contributed by atoms with Gasteiger partial charge in [-0.1, -0.05) is 0 Å². The molecule has 1 aromatic rings. The average molecular weight is 292 g/mol. The van der Waals surface area contributed by atoms with E-state index >= 15 is 0 Å². The lowest BCUT2D eigenvalue weighted by atomic mass is 10.3. The zero-order valence-electron chi connectivity index (χ0n) is 12.7. The van der Waals surface area contributed by atoms with Crippen molar-refractivity contribution in [1.29, 1.82) is 0 Å². The zero-order valence-corrected chi connectivity index (χ0v) is 12.7. The number of anilines is 1. The molecule has 2 aliphatic rings. The van der Waals surface area contributed by atoms with Gasteiger partial charge in [-0.2, -0.15) is 0 Å². The van der Waals surface area contributed by atoms with Gasteiger partial charge >= 0.3 is 0 Å². The summed E-state index contributed by atoms with van der Waals surface area (Å²) >= 11 is 0. The number of aryl methyl sites for hydroxylation is 1. The Morgan fingerprint density at radius 2 is 2.05 bits per heavy atom. The third-order valence-corrected chi connectivity index (χ3v) is 4.18. The Labute approximate surface area is 126 Å². The van der Waals surface area contributed by atoms with E-state index < -0.39 is 0 Å². The van der Waals surface area contributed by atoms with Crippen LogP contribution in [0.4, 0.5) is 5.82 Å². The summed E-state index contributed by atoms with van der Waals surface area (Å²) in [6.45, 7) is 9.56. The fourth-order valence-corrected chi connectivity index (χ4v) is 2.89. The van der Waals surface area contributed by atoms with Crippen molar-refractivity contribution in [1.82, 2.24) is 14.9 Å². The topological polar surface area (TPSA) is 50.7 Å². The maximum Gasteiger partial charge on any atom is 0.150 e. The maximum absolute atomic E-state index is 5.83. The first kappa shape index (κ1) is 14.7. The highest BCUT2D eigenvalue weighted by molar-refractivity contribution is 5.42. The highest BCUT2D eigenvalue weighted by Crippen LogP contribution is 2.16. The van der Waals surface area contributed by atoms with Crippen LogP contribution in [0, 0.1) is 6.92 Å². The number of nitrogens with zero attached hydrogens (tertiary/aromatic N) is 4. The van der Waals surface area contributed by atoms with Gasteiger partial charge in [-0.15, -0.1) is 0 Å². The molecule has 1 atom stereocenters. The molecule has 2 saturated heterocycles. The molecule has 0 bridgehead atoms. The summed E-state index contributed by atoms with van der Waals surface area (Å²) in [5.41, 5.74) is 1.01. The molecule has 0 radical (unpaired) electrons. The van der Waals surface area contributed by atoms with Crippen LogP contribution in [0.3, 0.4) is 0 Å². The molecule has 6 heteroatoms. The second-order valence-corrected chi connectivity index (χ2v) is 5.65. The van der Waals surface area contributed by atoms with Crippen molar-refractivity contribution in [2.75, 3.05) is 57.4 Å². The third kappa shape index (κ3) is 3.90. The summed E-state index contributed by atoms with van der Waals surface area (Å²) in [4.78, 5) is 13.5. The van der Waals surface area contributed by atoms with Gasteiger partial charge in [0.2, 0.25) is 0 Å². The molecule has 0 spiro atoms. The van der Waals surface area contributed by atoms with Gasteiger partial charge in [0.25, 0.3) is 0 Å². The molecule has 1 unspecified atom stereocenters. The molecular weight excluding hydrogens is 268 g/mol. The number of rotatable bonds is 5. The van der Waals surface area contributed by atoms with Crippen molar-refractivity contribution >= 4 is 5.82 Å². The molecule has 116 valence electrons. The van der Waals surface area contributed by atoms with Crippen molar-refractivity contribution in [3.8, 4) is 0 Å². The Kier molecular flexibility index (Phi) is 5.00. The lowest BCUT2D eigenvalue weighted by Gasteiger charge is -2.35. The molecule has 6 nitrogen and oxygen atoms in total. The monoisotopic (exact) mass is 292 g/mol. The van der Waals surface area contributed by atoms with Crippen molar-refractivity contribution in [3.63, 3.8) is 0 Å². The normalized spacial score (nSPS) is 23.7. The van der Waals surface area contributed by atoms with Gasteiger partial charge in [0.1, 0.15) is 5.82 Å². The Morgan fingerprint density at radius 3 is 2.76 bits per heavy atom. The summed E-state index contributed by atoms with van der Waals surface area (Å²) in [5, 5.41) is 0. The summed E-state index contributed by atoms with van der Waals surface area (Å²) in [7, 11) is 0. The van der Waals surface area contributed by atoms with Crippen LogP contribution < -0.4 is 4.90 Å². The molecule has 21 heavy (non-hydrogen) atoms. The number of hydrogen-bond acceptors (Lipinski definition) is 6. The predicted octanol–water partition coefficient (Wildman–Crippen LogP) is 0.713. The maximum atomic E-state index is 5.83. The SMILES string of the molecule is Cc1nccnc1N1CCN(CCOC2CCOC2)CC1. The van der Waals surface area contributed by atoms with Crippen molar-refractivity contribution in [2.45, 2.75) is 19.4 Å². The van der Waals surface area contributed by atoms with Crippen LogP contribution >= 0.6 is 0 Å². The van der Waals surface area contributed by atoms with E-state index in [0.29, 0.717) is 6.10 Å². The molecular formula is C15H24N4O2. The fraction of sp³-hybridized carbons (Fsp3) is 0.733. The van der Waals surface area contributed by atoms with Crippen LogP contribution in [-0.2, 0) is 9.47 Å². The lowest BCUT2D eigenvalue weighted by Crippen LogP contribution is -2.48. The Morgan fingerprint density at radius 1 is 1.24 bits per heavy atom. The van der Waals surface area contributed by atoms with Crippen LogP contribution in [0.5, 0.6) is 0 Å². The average Bonchev–Trinajstić information content (AvgIpc) is 3.02. The minimum absolute atomic E-state index is 0.313. The van der Waals surface area contributed by atoms with Gasteiger partial charge in [-0.3, -0.25) is 9.88 Å². The van der Waals surface area contributed by atoms with Crippen LogP contribution in [0.25, 0.3) is 0 Å². The first-order chi connectivity index (χ1) is 10.3. The van der Waals surface area contributed by atoms with Gasteiger partial charge in [0.05, 0.1) is 25.0 Å². The van der Waals surface area contributed by atoms with E-state index in [4.69, 9.17) is 9.47 Å². The van der Waals surface area contributed by atoms with E-state index in [9.17, 15) is 0 Å². The van der Waals surface area contributed by atoms with Crippen LogP contribution in [0.2, 0.25) is 0 Å². The van der Waals surface area contributed by atoms with E-state index in [1.54, 1.807) is 12.4 Å². The summed E-state index contributed by atoms with van der Waals surface area (Å²) in [6.07, 6.45) is 4.87. The largest absolute Gasteiger partial charge is 0.379 e. The zero-order chi connectivity index (χ0) is 14.5. The summed E-state index contributed by atoms with van der Waals surface area (Å²) < 4.78 is 11.1. The summed E-state index contributed by atoms with van der Waals surface area (Å²) in [5.74, 6) is 1.02. The quantitative estimate of drug-likeness (QED) is 0.797. The van der Waals surface area contributed by atoms with Crippen LogP contribution in [-0.4, -0.2) is 73.5 Å². The van der Waals surface area contributed by atoms with E-state index in [0.717, 1.165) is 70.5 Å². The van der Waals surface area contributed by atoms with E-state index in [1.807, 2.05) is 6.92 Å². The molecule has 1 aromatic heterocycles.